The molecular formula is C13H18N6. The van der Waals surface area contributed by atoms with Crippen LogP contribution in [0.25, 0.3) is 11.4 Å². The standard InChI is InChI=1S/C13H18N6/c1-2-3-8-16-13-18-11(17-12(15)19-13)9-6-4-5-7-10(9)14/h4-7H,2-3,8,14H2,1H3,(H3,15,16,17,18,19). The molecule has 5 N–H and O–H groups in total. The summed E-state index contributed by atoms with van der Waals surface area (Å²) in [5, 5.41) is 3.13. The van der Waals surface area contributed by atoms with Gasteiger partial charge >= 0.3 is 0 Å². The first-order valence-corrected chi connectivity index (χ1v) is 6.31. The van der Waals surface area contributed by atoms with E-state index in [4.69, 9.17) is 11.5 Å². The van der Waals surface area contributed by atoms with Gasteiger partial charge in [0.15, 0.2) is 5.82 Å². The highest BCUT2D eigenvalue weighted by molar-refractivity contribution is 5.72. The molecule has 0 bridgehead atoms. The molecule has 1 aromatic carbocycles. The maximum Gasteiger partial charge on any atom is 0.228 e. The number of anilines is 3. The average molecular weight is 258 g/mol. The number of aromatic nitrogens is 3. The molecule has 0 aliphatic rings. The van der Waals surface area contributed by atoms with Gasteiger partial charge in [-0.25, -0.2) is 0 Å². The molecule has 0 radical (unpaired) electrons. The summed E-state index contributed by atoms with van der Waals surface area (Å²) < 4.78 is 0. The van der Waals surface area contributed by atoms with Crippen LogP contribution in [0.2, 0.25) is 0 Å². The normalized spacial score (nSPS) is 10.4. The number of rotatable bonds is 5. The number of nitrogens with zero attached hydrogens (tertiary/aromatic N) is 3. The van der Waals surface area contributed by atoms with E-state index in [2.05, 4.69) is 27.2 Å². The Morgan fingerprint density at radius 2 is 1.89 bits per heavy atom. The van der Waals surface area contributed by atoms with E-state index in [-0.39, 0.29) is 5.95 Å². The first-order chi connectivity index (χ1) is 9.20. The zero-order valence-corrected chi connectivity index (χ0v) is 10.9. The Bertz CT molecular complexity index is 555. The molecule has 0 spiro atoms. The zero-order valence-electron chi connectivity index (χ0n) is 10.9. The van der Waals surface area contributed by atoms with Crippen molar-refractivity contribution in [2.24, 2.45) is 0 Å². The second-order valence-electron chi connectivity index (χ2n) is 4.21. The summed E-state index contributed by atoms with van der Waals surface area (Å²) in [6, 6.07) is 7.42. The van der Waals surface area contributed by atoms with Gasteiger partial charge in [-0.15, -0.1) is 0 Å². The van der Waals surface area contributed by atoms with Crippen LogP contribution >= 0.6 is 0 Å². The van der Waals surface area contributed by atoms with Gasteiger partial charge in [0, 0.05) is 17.8 Å². The molecule has 0 atom stereocenters. The third-order valence-corrected chi connectivity index (χ3v) is 2.67. The van der Waals surface area contributed by atoms with Crippen molar-refractivity contribution >= 4 is 17.6 Å². The number of nitrogens with two attached hydrogens (primary N) is 2. The molecular weight excluding hydrogens is 240 g/mol. The zero-order chi connectivity index (χ0) is 13.7. The smallest absolute Gasteiger partial charge is 0.228 e. The second-order valence-corrected chi connectivity index (χ2v) is 4.21. The molecule has 0 fully saturated rings. The average Bonchev–Trinajstić information content (AvgIpc) is 2.39. The van der Waals surface area contributed by atoms with E-state index < -0.39 is 0 Å². The SMILES string of the molecule is CCCCNc1nc(N)nc(-c2ccccc2N)n1. The maximum atomic E-state index is 5.91. The summed E-state index contributed by atoms with van der Waals surface area (Å²) in [5.74, 6) is 1.16. The number of unbranched alkanes of at least 4 members (excludes halogenated alkanes) is 1. The Morgan fingerprint density at radius 3 is 2.63 bits per heavy atom. The van der Waals surface area contributed by atoms with Gasteiger partial charge < -0.3 is 16.8 Å². The van der Waals surface area contributed by atoms with Gasteiger partial charge in [0.2, 0.25) is 11.9 Å². The molecule has 2 rings (SSSR count). The molecule has 1 aromatic heterocycles. The van der Waals surface area contributed by atoms with E-state index >= 15 is 0 Å². The van der Waals surface area contributed by atoms with Crippen molar-refractivity contribution in [1.82, 2.24) is 15.0 Å². The van der Waals surface area contributed by atoms with Crippen LogP contribution in [0.5, 0.6) is 0 Å². The van der Waals surface area contributed by atoms with Crippen LogP contribution in [0, 0.1) is 0 Å². The quantitative estimate of drug-likeness (QED) is 0.559. The highest BCUT2D eigenvalue weighted by atomic mass is 15.2. The number of para-hydroxylation sites is 1. The summed E-state index contributed by atoms with van der Waals surface area (Å²) in [6.07, 6.45) is 2.15. The fourth-order valence-electron chi connectivity index (χ4n) is 1.67. The number of benzene rings is 1. The summed E-state index contributed by atoms with van der Waals surface area (Å²) >= 11 is 0. The van der Waals surface area contributed by atoms with Crippen molar-refractivity contribution in [3.63, 3.8) is 0 Å². The Balaban J connectivity index is 2.29. The van der Waals surface area contributed by atoms with E-state index in [1.807, 2.05) is 18.2 Å². The summed E-state index contributed by atoms with van der Waals surface area (Å²) in [4.78, 5) is 12.5. The van der Waals surface area contributed by atoms with Crippen molar-refractivity contribution in [2.45, 2.75) is 19.8 Å². The van der Waals surface area contributed by atoms with Crippen molar-refractivity contribution in [3.05, 3.63) is 24.3 Å². The molecule has 0 saturated heterocycles. The predicted octanol–water partition coefficient (Wildman–Crippen LogP) is 1.91. The first kappa shape index (κ1) is 13.1. The highest BCUT2D eigenvalue weighted by Gasteiger charge is 2.08. The molecule has 100 valence electrons. The summed E-state index contributed by atoms with van der Waals surface area (Å²) in [7, 11) is 0. The minimum Gasteiger partial charge on any atom is -0.398 e. The van der Waals surface area contributed by atoms with Crippen LogP contribution in [0.15, 0.2) is 24.3 Å². The molecule has 0 saturated carbocycles. The van der Waals surface area contributed by atoms with Gasteiger partial charge in [-0.05, 0) is 18.6 Å². The van der Waals surface area contributed by atoms with Gasteiger partial charge in [0.05, 0.1) is 0 Å². The Hall–Kier alpha value is -2.37. The largest absolute Gasteiger partial charge is 0.398 e. The molecule has 19 heavy (non-hydrogen) atoms. The second kappa shape index (κ2) is 5.99. The fraction of sp³-hybridized carbons (Fsp3) is 0.308. The molecule has 0 unspecified atom stereocenters. The van der Waals surface area contributed by atoms with Crippen LogP contribution in [-0.4, -0.2) is 21.5 Å². The first-order valence-electron chi connectivity index (χ1n) is 6.31. The monoisotopic (exact) mass is 258 g/mol. The molecule has 0 aliphatic heterocycles. The molecule has 6 nitrogen and oxygen atoms in total. The minimum atomic E-state index is 0.187. The topological polar surface area (TPSA) is 103 Å². The third kappa shape index (κ3) is 3.31. The van der Waals surface area contributed by atoms with E-state index in [9.17, 15) is 0 Å². The highest BCUT2D eigenvalue weighted by Crippen LogP contribution is 2.23. The van der Waals surface area contributed by atoms with Gasteiger partial charge in [-0.3, -0.25) is 0 Å². The molecule has 1 heterocycles. The van der Waals surface area contributed by atoms with Crippen molar-refractivity contribution in [1.29, 1.82) is 0 Å². The Labute approximate surface area is 112 Å². The van der Waals surface area contributed by atoms with Gasteiger partial charge in [0.1, 0.15) is 0 Å². The molecule has 0 aliphatic carbocycles. The Morgan fingerprint density at radius 1 is 1.11 bits per heavy atom. The van der Waals surface area contributed by atoms with Crippen LogP contribution in [0.3, 0.4) is 0 Å². The fourth-order valence-corrected chi connectivity index (χ4v) is 1.67. The lowest BCUT2D eigenvalue weighted by molar-refractivity contribution is 0.825. The van der Waals surface area contributed by atoms with Gasteiger partial charge in [0.25, 0.3) is 0 Å². The van der Waals surface area contributed by atoms with E-state index in [1.54, 1.807) is 6.07 Å². The van der Waals surface area contributed by atoms with E-state index in [0.29, 0.717) is 17.5 Å². The molecule has 6 heteroatoms. The van der Waals surface area contributed by atoms with Gasteiger partial charge in [-0.1, -0.05) is 25.5 Å². The van der Waals surface area contributed by atoms with Crippen LogP contribution in [0.1, 0.15) is 19.8 Å². The maximum absolute atomic E-state index is 5.91. The van der Waals surface area contributed by atoms with Crippen LogP contribution in [0.4, 0.5) is 17.6 Å². The molecule has 0 amide bonds. The minimum absolute atomic E-state index is 0.187. The lowest BCUT2D eigenvalue weighted by atomic mass is 10.2. The predicted molar refractivity (Wildman–Crippen MR) is 77.5 cm³/mol. The summed E-state index contributed by atoms with van der Waals surface area (Å²) in [5.41, 5.74) is 13.0. The van der Waals surface area contributed by atoms with Crippen molar-refractivity contribution in [2.75, 3.05) is 23.3 Å². The lowest BCUT2D eigenvalue weighted by Gasteiger charge is -2.08. The number of hydrogen-bond donors (Lipinski definition) is 3. The number of nitrogens with one attached hydrogen (secondary N) is 1. The van der Waals surface area contributed by atoms with Crippen molar-refractivity contribution < 1.29 is 0 Å². The van der Waals surface area contributed by atoms with Gasteiger partial charge in [-0.2, -0.15) is 15.0 Å². The number of hydrogen-bond acceptors (Lipinski definition) is 6. The number of nitrogen functional groups attached to an aromatic ring is 2. The third-order valence-electron chi connectivity index (χ3n) is 2.67. The van der Waals surface area contributed by atoms with E-state index in [0.717, 1.165) is 24.9 Å². The lowest BCUT2D eigenvalue weighted by Crippen LogP contribution is -2.09. The molecule has 2 aromatic rings. The van der Waals surface area contributed by atoms with Crippen LogP contribution in [-0.2, 0) is 0 Å². The van der Waals surface area contributed by atoms with Crippen molar-refractivity contribution in [3.8, 4) is 11.4 Å². The summed E-state index contributed by atoms with van der Waals surface area (Å²) in [6.45, 7) is 2.93. The van der Waals surface area contributed by atoms with Crippen LogP contribution < -0.4 is 16.8 Å². The van der Waals surface area contributed by atoms with E-state index in [1.165, 1.54) is 0 Å². The Kier molecular flexibility index (Phi) is 4.12.